The number of aromatic carboxylic acids is 1. The number of nitrogens with zero attached hydrogens (tertiary/aromatic N) is 2. The van der Waals surface area contributed by atoms with E-state index in [2.05, 4.69) is 0 Å². The molecule has 0 aliphatic carbocycles. The zero-order chi connectivity index (χ0) is 15.0. The molecule has 1 aliphatic heterocycles. The first-order valence-corrected chi connectivity index (χ1v) is 6.39. The summed E-state index contributed by atoms with van der Waals surface area (Å²) in [6, 6.07) is 11.5. The molecular weight excluding hydrogens is 272 g/mol. The zero-order valence-electron chi connectivity index (χ0n) is 11.0. The Morgan fingerprint density at radius 2 is 1.90 bits per heavy atom. The topological polar surface area (TPSA) is 83.7 Å². The van der Waals surface area contributed by atoms with Gasteiger partial charge in [-0.1, -0.05) is 12.1 Å². The quantitative estimate of drug-likeness (QED) is 0.692. The standard InChI is InChI=1S/C15H12N2O4/c18-15(19)10-4-5-11-8-16(9-12(11)6-10)13-2-1-3-14(7-13)17(20)21/h1-7H,8-9H2,(H,18,19). The fraction of sp³-hybridized carbons (Fsp3) is 0.133. The lowest BCUT2D eigenvalue weighted by Crippen LogP contribution is -2.14. The summed E-state index contributed by atoms with van der Waals surface area (Å²) < 4.78 is 0. The predicted molar refractivity (Wildman–Crippen MR) is 76.4 cm³/mol. The third kappa shape index (κ3) is 2.43. The van der Waals surface area contributed by atoms with Crippen LogP contribution in [0.25, 0.3) is 0 Å². The van der Waals surface area contributed by atoms with Crippen LogP contribution >= 0.6 is 0 Å². The number of nitro groups is 1. The van der Waals surface area contributed by atoms with E-state index in [1.54, 1.807) is 24.3 Å². The van der Waals surface area contributed by atoms with E-state index in [1.807, 2.05) is 11.0 Å². The number of rotatable bonds is 3. The number of benzene rings is 2. The number of carboxylic acids is 1. The molecule has 0 bridgehead atoms. The molecule has 2 aromatic carbocycles. The van der Waals surface area contributed by atoms with Gasteiger partial charge in [-0.05, 0) is 29.3 Å². The van der Waals surface area contributed by atoms with Crippen LogP contribution in [0.2, 0.25) is 0 Å². The SMILES string of the molecule is O=C(O)c1ccc2c(c1)CN(c1cccc([N+](=O)[O-])c1)C2. The molecule has 0 saturated carbocycles. The lowest BCUT2D eigenvalue weighted by atomic mass is 10.1. The minimum Gasteiger partial charge on any atom is -0.478 e. The van der Waals surface area contributed by atoms with E-state index in [4.69, 9.17) is 5.11 Å². The van der Waals surface area contributed by atoms with Crippen molar-refractivity contribution in [2.24, 2.45) is 0 Å². The van der Waals surface area contributed by atoms with Crippen molar-refractivity contribution < 1.29 is 14.8 Å². The second-order valence-corrected chi connectivity index (χ2v) is 4.92. The normalized spacial score (nSPS) is 13.0. The second-order valence-electron chi connectivity index (χ2n) is 4.92. The highest BCUT2D eigenvalue weighted by Crippen LogP contribution is 2.30. The van der Waals surface area contributed by atoms with Crippen LogP contribution in [-0.4, -0.2) is 16.0 Å². The van der Waals surface area contributed by atoms with E-state index in [-0.39, 0.29) is 11.3 Å². The van der Waals surface area contributed by atoms with Crippen molar-refractivity contribution in [1.82, 2.24) is 0 Å². The minimum atomic E-state index is -0.952. The molecule has 2 aromatic rings. The van der Waals surface area contributed by atoms with Gasteiger partial charge in [0.25, 0.3) is 5.69 Å². The molecule has 0 saturated heterocycles. The van der Waals surface area contributed by atoms with Gasteiger partial charge >= 0.3 is 5.97 Å². The number of carboxylic acid groups (broad SMARTS) is 1. The van der Waals surface area contributed by atoms with Gasteiger partial charge in [-0.3, -0.25) is 10.1 Å². The van der Waals surface area contributed by atoms with Gasteiger partial charge in [0.15, 0.2) is 0 Å². The van der Waals surface area contributed by atoms with Crippen molar-refractivity contribution in [2.75, 3.05) is 4.90 Å². The van der Waals surface area contributed by atoms with Crippen LogP contribution in [0.5, 0.6) is 0 Å². The molecule has 106 valence electrons. The van der Waals surface area contributed by atoms with Gasteiger partial charge < -0.3 is 10.0 Å². The van der Waals surface area contributed by atoms with Crippen molar-refractivity contribution in [1.29, 1.82) is 0 Å². The molecular formula is C15H12N2O4. The Labute approximate surface area is 120 Å². The molecule has 0 amide bonds. The Hall–Kier alpha value is -2.89. The number of hydrogen-bond donors (Lipinski definition) is 1. The number of non-ortho nitro benzene ring substituents is 1. The van der Waals surface area contributed by atoms with E-state index in [1.165, 1.54) is 12.1 Å². The van der Waals surface area contributed by atoms with E-state index in [9.17, 15) is 14.9 Å². The van der Waals surface area contributed by atoms with Gasteiger partial charge in [0, 0.05) is 30.9 Å². The molecule has 0 radical (unpaired) electrons. The lowest BCUT2D eigenvalue weighted by molar-refractivity contribution is -0.384. The minimum absolute atomic E-state index is 0.0506. The summed E-state index contributed by atoms with van der Waals surface area (Å²) in [5.74, 6) is -0.952. The van der Waals surface area contributed by atoms with Crippen LogP contribution in [0.4, 0.5) is 11.4 Å². The molecule has 0 spiro atoms. The number of anilines is 1. The molecule has 0 fully saturated rings. The van der Waals surface area contributed by atoms with Crippen molar-refractivity contribution in [3.05, 3.63) is 69.3 Å². The summed E-state index contributed by atoms with van der Waals surface area (Å²) in [5.41, 5.74) is 3.06. The number of nitro benzene ring substituents is 1. The maximum absolute atomic E-state index is 11.0. The van der Waals surface area contributed by atoms with Gasteiger partial charge in [-0.2, -0.15) is 0 Å². The van der Waals surface area contributed by atoms with Gasteiger partial charge in [0.2, 0.25) is 0 Å². The largest absolute Gasteiger partial charge is 0.478 e. The third-order valence-corrected chi connectivity index (χ3v) is 3.58. The van der Waals surface area contributed by atoms with Gasteiger partial charge in [0.1, 0.15) is 0 Å². The molecule has 3 rings (SSSR count). The Kier molecular flexibility index (Phi) is 3.06. The third-order valence-electron chi connectivity index (χ3n) is 3.58. The smallest absolute Gasteiger partial charge is 0.335 e. The van der Waals surface area contributed by atoms with Crippen LogP contribution < -0.4 is 4.90 Å². The molecule has 6 heteroatoms. The molecule has 21 heavy (non-hydrogen) atoms. The van der Waals surface area contributed by atoms with Crippen LogP contribution in [0, 0.1) is 10.1 Å². The van der Waals surface area contributed by atoms with E-state index in [0.717, 1.165) is 16.8 Å². The zero-order valence-corrected chi connectivity index (χ0v) is 11.0. The van der Waals surface area contributed by atoms with Gasteiger partial charge in [-0.25, -0.2) is 4.79 Å². The Bertz CT molecular complexity index is 742. The monoisotopic (exact) mass is 284 g/mol. The predicted octanol–water partition coefficient (Wildman–Crippen LogP) is 2.81. The van der Waals surface area contributed by atoms with Crippen molar-refractivity contribution in [3.8, 4) is 0 Å². The highest BCUT2D eigenvalue weighted by atomic mass is 16.6. The summed E-state index contributed by atoms with van der Waals surface area (Å²) in [5, 5.41) is 19.8. The highest BCUT2D eigenvalue weighted by Gasteiger charge is 2.21. The Balaban J connectivity index is 1.89. The molecule has 0 atom stereocenters. The summed E-state index contributed by atoms with van der Waals surface area (Å²) in [6.07, 6.45) is 0. The average molecular weight is 284 g/mol. The highest BCUT2D eigenvalue weighted by molar-refractivity contribution is 5.88. The summed E-state index contributed by atoms with van der Waals surface area (Å²) in [6.45, 7) is 1.17. The number of fused-ring (bicyclic) bond motifs is 1. The van der Waals surface area contributed by atoms with Crippen LogP contribution in [0.3, 0.4) is 0 Å². The van der Waals surface area contributed by atoms with E-state index >= 15 is 0 Å². The first-order chi connectivity index (χ1) is 10.0. The number of hydrogen-bond acceptors (Lipinski definition) is 4. The van der Waals surface area contributed by atoms with Crippen molar-refractivity contribution >= 4 is 17.3 Å². The van der Waals surface area contributed by atoms with Crippen LogP contribution in [0.15, 0.2) is 42.5 Å². The first-order valence-electron chi connectivity index (χ1n) is 6.39. The lowest BCUT2D eigenvalue weighted by Gasteiger charge is -2.17. The fourth-order valence-corrected chi connectivity index (χ4v) is 2.51. The van der Waals surface area contributed by atoms with E-state index < -0.39 is 10.9 Å². The molecule has 0 unspecified atom stereocenters. The molecule has 1 N–H and O–H groups in total. The maximum Gasteiger partial charge on any atom is 0.335 e. The molecule has 0 aromatic heterocycles. The van der Waals surface area contributed by atoms with Crippen LogP contribution in [0.1, 0.15) is 21.5 Å². The van der Waals surface area contributed by atoms with Crippen molar-refractivity contribution in [3.63, 3.8) is 0 Å². The Morgan fingerprint density at radius 1 is 1.14 bits per heavy atom. The number of carbonyl (C=O) groups is 1. The summed E-state index contributed by atoms with van der Waals surface area (Å²) in [7, 11) is 0. The average Bonchev–Trinajstić information content (AvgIpc) is 2.90. The van der Waals surface area contributed by atoms with Gasteiger partial charge in [-0.15, -0.1) is 0 Å². The first kappa shape index (κ1) is 13.1. The Morgan fingerprint density at radius 3 is 2.62 bits per heavy atom. The van der Waals surface area contributed by atoms with E-state index in [0.29, 0.717) is 13.1 Å². The molecule has 1 heterocycles. The van der Waals surface area contributed by atoms with Crippen LogP contribution in [-0.2, 0) is 13.1 Å². The molecule has 1 aliphatic rings. The maximum atomic E-state index is 11.0. The van der Waals surface area contributed by atoms with Crippen molar-refractivity contribution in [2.45, 2.75) is 13.1 Å². The molecule has 6 nitrogen and oxygen atoms in total. The summed E-state index contributed by atoms with van der Waals surface area (Å²) >= 11 is 0. The fourth-order valence-electron chi connectivity index (χ4n) is 2.51. The summed E-state index contributed by atoms with van der Waals surface area (Å²) in [4.78, 5) is 23.4. The second kappa shape index (κ2) is 4.90. The van der Waals surface area contributed by atoms with Gasteiger partial charge in [0.05, 0.1) is 10.5 Å².